The first kappa shape index (κ1) is 13.7. The maximum atomic E-state index is 13.5. The Morgan fingerprint density at radius 3 is 2.74 bits per heavy atom. The molecule has 2 rings (SSSR count). The minimum absolute atomic E-state index is 0.0919. The standard InChI is InChI=1S/C16H19FN2/c1-3-18-16(11-15-6-4-5-7-19-15)13-8-12(2)9-14(17)10-13/h4-10,16,18H,3,11H2,1-2H3. The highest BCUT2D eigenvalue weighted by molar-refractivity contribution is 5.27. The van der Waals surface area contributed by atoms with Gasteiger partial charge in [0, 0.05) is 24.4 Å². The summed E-state index contributed by atoms with van der Waals surface area (Å²) in [6, 6.07) is 11.1. The molecule has 2 aromatic rings. The smallest absolute Gasteiger partial charge is 0.123 e. The number of hydrogen-bond acceptors (Lipinski definition) is 2. The Hall–Kier alpha value is -1.74. The van der Waals surface area contributed by atoms with Crippen molar-refractivity contribution < 1.29 is 4.39 Å². The molecule has 100 valence electrons. The zero-order chi connectivity index (χ0) is 13.7. The van der Waals surface area contributed by atoms with Crippen molar-refractivity contribution in [2.75, 3.05) is 6.54 Å². The first-order valence-electron chi connectivity index (χ1n) is 6.59. The van der Waals surface area contributed by atoms with Gasteiger partial charge >= 0.3 is 0 Å². The second-order valence-electron chi connectivity index (χ2n) is 4.70. The molecule has 0 aliphatic heterocycles. The number of halogens is 1. The van der Waals surface area contributed by atoms with E-state index in [1.165, 1.54) is 0 Å². The maximum Gasteiger partial charge on any atom is 0.123 e. The molecule has 1 aromatic heterocycles. The molecule has 1 heterocycles. The molecule has 0 aliphatic carbocycles. The Kier molecular flexibility index (Phi) is 4.63. The van der Waals surface area contributed by atoms with Gasteiger partial charge < -0.3 is 5.32 Å². The zero-order valence-corrected chi connectivity index (χ0v) is 11.4. The average Bonchev–Trinajstić information content (AvgIpc) is 2.38. The third-order valence-corrected chi connectivity index (χ3v) is 3.06. The molecule has 0 aliphatic rings. The lowest BCUT2D eigenvalue weighted by Crippen LogP contribution is -2.23. The van der Waals surface area contributed by atoms with Gasteiger partial charge in [0.25, 0.3) is 0 Å². The van der Waals surface area contributed by atoms with Crippen molar-refractivity contribution in [2.24, 2.45) is 0 Å². The van der Waals surface area contributed by atoms with Gasteiger partial charge in [-0.1, -0.05) is 19.1 Å². The monoisotopic (exact) mass is 258 g/mol. The molecule has 2 nitrogen and oxygen atoms in total. The maximum absolute atomic E-state index is 13.5. The van der Waals surface area contributed by atoms with Crippen LogP contribution >= 0.6 is 0 Å². The fourth-order valence-corrected chi connectivity index (χ4v) is 2.25. The van der Waals surface area contributed by atoms with Gasteiger partial charge in [0.15, 0.2) is 0 Å². The quantitative estimate of drug-likeness (QED) is 0.888. The van der Waals surface area contributed by atoms with Crippen LogP contribution in [0.2, 0.25) is 0 Å². The van der Waals surface area contributed by atoms with E-state index in [0.717, 1.165) is 29.8 Å². The number of likely N-dealkylation sites (N-methyl/N-ethyl adjacent to an activating group) is 1. The topological polar surface area (TPSA) is 24.9 Å². The molecule has 0 fully saturated rings. The molecule has 1 unspecified atom stereocenters. The van der Waals surface area contributed by atoms with E-state index >= 15 is 0 Å². The molecule has 0 radical (unpaired) electrons. The second-order valence-corrected chi connectivity index (χ2v) is 4.70. The van der Waals surface area contributed by atoms with Gasteiger partial charge in [-0.2, -0.15) is 0 Å². The van der Waals surface area contributed by atoms with Crippen LogP contribution < -0.4 is 5.32 Å². The summed E-state index contributed by atoms with van der Waals surface area (Å²) < 4.78 is 13.5. The SMILES string of the molecule is CCNC(Cc1ccccn1)c1cc(C)cc(F)c1. The van der Waals surface area contributed by atoms with Gasteiger partial charge in [-0.3, -0.25) is 4.98 Å². The number of aryl methyl sites for hydroxylation is 1. The van der Waals surface area contributed by atoms with Crippen LogP contribution in [0.25, 0.3) is 0 Å². The van der Waals surface area contributed by atoms with Gasteiger partial charge in [0.2, 0.25) is 0 Å². The number of rotatable bonds is 5. The highest BCUT2D eigenvalue weighted by atomic mass is 19.1. The molecular weight excluding hydrogens is 239 g/mol. The number of hydrogen-bond donors (Lipinski definition) is 1. The van der Waals surface area contributed by atoms with E-state index in [0.29, 0.717) is 0 Å². The summed E-state index contributed by atoms with van der Waals surface area (Å²) in [5, 5.41) is 3.40. The molecule has 1 aromatic carbocycles. The third-order valence-electron chi connectivity index (χ3n) is 3.06. The first-order valence-corrected chi connectivity index (χ1v) is 6.59. The predicted molar refractivity (Wildman–Crippen MR) is 75.5 cm³/mol. The highest BCUT2D eigenvalue weighted by Crippen LogP contribution is 2.20. The molecule has 1 N–H and O–H groups in total. The lowest BCUT2D eigenvalue weighted by atomic mass is 9.99. The van der Waals surface area contributed by atoms with Crippen LogP contribution in [-0.4, -0.2) is 11.5 Å². The number of nitrogens with zero attached hydrogens (tertiary/aromatic N) is 1. The van der Waals surface area contributed by atoms with Crippen molar-refractivity contribution in [3.63, 3.8) is 0 Å². The van der Waals surface area contributed by atoms with Crippen LogP contribution in [0.5, 0.6) is 0 Å². The van der Waals surface area contributed by atoms with Crippen molar-refractivity contribution >= 4 is 0 Å². The number of nitrogens with one attached hydrogen (secondary N) is 1. The van der Waals surface area contributed by atoms with E-state index in [-0.39, 0.29) is 11.9 Å². The molecule has 0 bridgehead atoms. The fourth-order valence-electron chi connectivity index (χ4n) is 2.25. The molecule has 0 saturated carbocycles. The molecular formula is C16H19FN2. The van der Waals surface area contributed by atoms with Crippen molar-refractivity contribution in [3.05, 3.63) is 65.2 Å². The van der Waals surface area contributed by atoms with Gasteiger partial charge in [0.05, 0.1) is 0 Å². The molecule has 3 heteroatoms. The summed E-state index contributed by atoms with van der Waals surface area (Å²) in [5.74, 6) is -0.182. The zero-order valence-electron chi connectivity index (χ0n) is 11.4. The normalized spacial score (nSPS) is 12.4. The Balaban J connectivity index is 2.24. The summed E-state index contributed by atoms with van der Waals surface area (Å²) in [5.41, 5.74) is 2.93. The van der Waals surface area contributed by atoms with Crippen molar-refractivity contribution in [1.29, 1.82) is 0 Å². The van der Waals surface area contributed by atoms with E-state index in [2.05, 4.69) is 17.2 Å². The lowest BCUT2D eigenvalue weighted by Gasteiger charge is -2.18. The van der Waals surface area contributed by atoms with E-state index in [1.54, 1.807) is 18.3 Å². The van der Waals surface area contributed by atoms with Crippen LogP contribution in [-0.2, 0) is 6.42 Å². The molecule has 0 saturated heterocycles. The van der Waals surface area contributed by atoms with E-state index in [9.17, 15) is 4.39 Å². The summed E-state index contributed by atoms with van der Waals surface area (Å²) in [7, 11) is 0. The Morgan fingerprint density at radius 2 is 2.11 bits per heavy atom. The number of benzene rings is 1. The summed E-state index contributed by atoms with van der Waals surface area (Å²) in [4.78, 5) is 4.34. The van der Waals surface area contributed by atoms with Crippen LogP contribution in [0.4, 0.5) is 4.39 Å². The summed E-state index contributed by atoms with van der Waals surface area (Å²) in [6.07, 6.45) is 2.55. The lowest BCUT2D eigenvalue weighted by molar-refractivity contribution is 0.537. The van der Waals surface area contributed by atoms with Gasteiger partial charge in [0.1, 0.15) is 5.82 Å². The van der Waals surface area contributed by atoms with E-state index < -0.39 is 0 Å². The summed E-state index contributed by atoms with van der Waals surface area (Å²) >= 11 is 0. The van der Waals surface area contributed by atoms with Gasteiger partial charge in [-0.05, 0) is 48.9 Å². The molecule has 0 spiro atoms. The number of pyridine rings is 1. The summed E-state index contributed by atoms with van der Waals surface area (Å²) in [6.45, 7) is 4.81. The Labute approximate surface area is 113 Å². The van der Waals surface area contributed by atoms with Crippen molar-refractivity contribution in [3.8, 4) is 0 Å². The fraction of sp³-hybridized carbons (Fsp3) is 0.312. The largest absolute Gasteiger partial charge is 0.310 e. The van der Waals surface area contributed by atoms with Gasteiger partial charge in [-0.15, -0.1) is 0 Å². The van der Waals surface area contributed by atoms with E-state index in [4.69, 9.17) is 0 Å². The minimum Gasteiger partial charge on any atom is -0.310 e. The third kappa shape index (κ3) is 3.86. The Morgan fingerprint density at radius 1 is 1.26 bits per heavy atom. The van der Waals surface area contributed by atoms with Crippen LogP contribution in [0.1, 0.15) is 29.8 Å². The predicted octanol–water partition coefficient (Wildman–Crippen LogP) is 3.42. The van der Waals surface area contributed by atoms with Crippen LogP contribution in [0.3, 0.4) is 0 Å². The number of aromatic nitrogens is 1. The molecule has 1 atom stereocenters. The van der Waals surface area contributed by atoms with Crippen LogP contribution in [0.15, 0.2) is 42.6 Å². The molecule has 0 amide bonds. The average molecular weight is 258 g/mol. The highest BCUT2D eigenvalue weighted by Gasteiger charge is 2.13. The van der Waals surface area contributed by atoms with E-state index in [1.807, 2.05) is 31.2 Å². The van der Waals surface area contributed by atoms with Gasteiger partial charge in [-0.25, -0.2) is 4.39 Å². The molecule has 19 heavy (non-hydrogen) atoms. The Bertz CT molecular complexity index is 505. The first-order chi connectivity index (χ1) is 9.19. The second kappa shape index (κ2) is 6.43. The minimum atomic E-state index is -0.182. The van der Waals surface area contributed by atoms with Crippen molar-refractivity contribution in [2.45, 2.75) is 26.3 Å². The van der Waals surface area contributed by atoms with Crippen LogP contribution in [0, 0.1) is 12.7 Å². The van der Waals surface area contributed by atoms with Crippen molar-refractivity contribution in [1.82, 2.24) is 10.3 Å².